The molecule has 3 aromatic rings. The second-order valence-electron chi connectivity index (χ2n) is 7.17. The molecular formula is C21H25FN6O. The maximum Gasteiger partial charge on any atom is 0.222 e. The molecule has 152 valence electrons. The Bertz CT molecular complexity index is 990. The van der Waals surface area contributed by atoms with Crippen molar-refractivity contribution < 1.29 is 9.13 Å². The highest BCUT2D eigenvalue weighted by atomic mass is 19.1. The van der Waals surface area contributed by atoms with Gasteiger partial charge in [-0.05, 0) is 18.2 Å². The molecule has 0 saturated carbocycles. The molecule has 4 N–H and O–H groups in total. The van der Waals surface area contributed by atoms with E-state index in [-0.39, 0.29) is 11.8 Å². The molecule has 1 fully saturated rings. The summed E-state index contributed by atoms with van der Waals surface area (Å²) in [6.45, 7) is 5.65. The second kappa shape index (κ2) is 8.59. The number of anilines is 2. The number of hydrogen-bond donors (Lipinski definition) is 2. The smallest absolute Gasteiger partial charge is 0.222 e. The van der Waals surface area contributed by atoms with E-state index in [9.17, 15) is 4.39 Å². The molecule has 0 spiro atoms. The van der Waals surface area contributed by atoms with Crippen molar-refractivity contribution in [3.63, 3.8) is 0 Å². The molecule has 1 aromatic heterocycles. The Hall–Kier alpha value is -2.97. The van der Waals surface area contributed by atoms with E-state index in [2.05, 4.69) is 19.8 Å². The predicted octanol–water partition coefficient (Wildman–Crippen LogP) is 2.13. The van der Waals surface area contributed by atoms with Crippen LogP contribution in [0.4, 0.5) is 16.2 Å². The van der Waals surface area contributed by atoms with E-state index in [0.717, 1.165) is 38.3 Å². The third-order valence-electron chi connectivity index (χ3n) is 5.21. The molecule has 0 aliphatic carbocycles. The Morgan fingerprint density at radius 2 is 1.69 bits per heavy atom. The monoisotopic (exact) mass is 396 g/mol. The fourth-order valence-electron chi connectivity index (χ4n) is 3.64. The number of halogens is 1. The van der Waals surface area contributed by atoms with Crippen molar-refractivity contribution in [3.8, 4) is 5.75 Å². The number of benzene rings is 2. The molecule has 1 aliphatic rings. The molecule has 7 nitrogen and oxygen atoms in total. The van der Waals surface area contributed by atoms with Crippen LogP contribution in [0.2, 0.25) is 0 Å². The second-order valence-corrected chi connectivity index (χ2v) is 7.17. The van der Waals surface area contributed by atoms with Gasteiger partial charge in [-0.2, -0.15) is 4.98 Å². The van der Waals surface area contributed by atoms with Crippen molar-refractivity contribution >= 4 is 22.7 Å². The zero-order valence-electron chi connectivity index (χ0n) is 16.2. The SMILES string of the molecule is Nc1nc(N)c2c(OCCN3CCN(Cc4ccccc4F)CC3)cccc2n1. The minimum Gasteiger partial charge on any atom is -0.491 e. The molecule has 4 rings (SSSR count). The number of ether oxygens (including phenoxy) is 1. The van der Waals surface area contributed by atoms with Crippen molar-refractivity contribution in [3.05, 3.63) is 53.8 Å². The minimum atomic E-state index is -0.136. The van der Waals surface area contributed by atoms with Gasteiger partial charge in [0.25, 0.3) is 0 Å². The van der Waals surface area contributed by atoms with Gasteiger partial charge in [0.15, 0.2) is 0 Å². The topological polar surface area (TPSA) is 93.5 Å². The average molecular weight is 396 g/mol. The van der Waals surface area contributed by atoms with Gasteiger partial charge >= 0.3 is 0 Å². The lowest BCUT2D eigenvalue weighted by Gasteiger charge is -2.34. The lowest BCUT2D eigenvalue weighted by Crippen LogP contribution is -2.47. The lowest BCUT2D eigenvalue weighted by atomic mass is 10.2. The molecule has 0 unspecified atom stereocenters. The summed E-state index contributed by atoms with van der Waals surface area (Å²) in [5.41, 5.74) is 13.1. The quantitative estimate of drug-likeness (QED) is 0.659. The molecule has 0 bridgehead atoms. The molecule has 0 atom stereocenters. The number of nitrogens with zero attached hydrogens (tertiary/aromatic N) is 4. The standard InChI is InChI=1S/C21H25FN6O/c22-16-5-2-1-4-15(16)14-28-10-8-27(9-11-28)12-13-29-18-7-3-6-17-19(18)20(23)26-21(24)25-17/h1-7H,8-14H2,(H4,23,24,25,26). The van der Waals surface area contributed by atoms with Crippen LogP contribution in [-0.2, 0) is 6.54 Å². The van der Waals surface area contributed by atoms with Crippen molar-refractivity contribution in [2.45, 2.75) is 6.54 Å². The molecular weight excluding hydrogens is 371 g/mol. The molecule has 1 saturated heterocycles. The van der Waals surface area contributed by atoms with Gasteiger partial charge in [-0.25, -0.2) is 9.37 Å². The van der Waals surface area contributed by atoms with E-state index < -0.39 is 0 Å². The first kappa shape index (κ1) is 19.4. The van der Waals surface area contributed by atoms with Crippen LogP contribution in [-0.4, -0.2) is 59.1 Å². The fourth-order valence-corrected chi connectivity index (χ4v) is 3.64. The van der Waals surface area contributed by atoms with Crippen LogP contribution in [0, 0.1) is 5.82 Å². The first-order valence-corrected chi connectivity index (χ1v) is 9.73. The van der Waals surface area contributed by atoms with Crippen LogP contribution >= 0.6 is 0 Å². The number of nitrogen functional groups attached to an aromatic ring is 2. The highest BCUT2D eigenvalue weighted by molar-refractivity contribution is 5.94. The van der Waals surface area contributed by atoms with Crippen molar-refractivity contribution in [1.29, 1.82) is 0 Å². The maximum absolute atomic E-state index is 13.8. The molecule has 2 aromatic carbocycles. The molecule has 29 heavy (non-hydrogen) atoms. The van der Waals surface area contributed by atoms with Gasteiger partial charge < -0.3 is 16.2 Å². The third kappa shape index (κ3) is 4.55. The number of piperazine rings is 1. The summed E-state index contributed by atoms with van der Waals surface area (Å²) in [4.78, 5) is 12.9. The van der Waals surface area contributed by atoms with Crippen LogP contribution in [0.1, 0.15) is 5.56 Å². The Labute approximate surface area is 169 Å². The largest absolute Gasteiger partial charge is 0.491 e. The van der Waals surface area contributed by atoms with Gasteiger partial charge in [0.2, 0.25) is 5.95 Å². The Kier molecular flexibility index (Phi) is 5.73. The van der Waals surface area contributed by atoms with Crippen LogP contribution in [0.25, 0.3) is 10.9 Å². The highest BCUT2D eigenvalue weighted by Gasteiger charge is 2.18. The summed E-state index contributed by atoms with van der Waals surface area (Å²) in [5.74, 6) is 1.01. The molecule has 0 amide bonds. The Morgan fingerprint density at radius 3 is 2.48 bits per heavy atom. The summed E-state index contributed by atoms with van der Waals surface area (Å²) in [6, 6.07) is 12.5. The first-order chi connectivity index (χ1) is 14.1. The van der Waals surface area contributed by atoms with Crippen molar-refractivity contribution in [1.82, 2.24) is 19.8 Å². The number of fused-ring (bicyclic) bond motifs is 1. The van der Waals surface area contributed by atoms with Gasteiger partial charge in [-0.15, -0.1) is 0 Å². The summed E-state index contributed by atoms with van der Waals surface area (Å²) in [5, 5.41) is 0.691. The number of rotatable bonds is 6. The molecule has 0 radical (unpaired) electrons. The summed E-state index contributed by atoms with van der Waals surface area (Å²) >= 11 is 0. The Balaban J connectivity index is 1.28. The van der Waals surface area contributed by atoms with Gasteiger partial charge in [-0.1, -0.05) is 24.3 Å². The zero-order chi connectivity index (χ0) is 20.2. The summed E-state index contributed by atoms with van der Waals surface area (Å²) in [6.07, 6.45) is 0. The van der Waals surface area contributed by atoms with Crippen LogP contribution in [0.5, 0.6) is 5.75 Å². The van der Waals surface area contributed by atoms with E-state index in [1.165, 1.54) is 6.07 Å². The average Bonchev–Trinajstić information content (AvgIpc) is 2.70. The molecule has 8 heteroatoms. The summed E-state index contributed by atoms with van der Waals surface area (Å²) < 4.78 is 19.8. The van der Waals surface area contributed by atoms with Crippen molar-refractivity contribution in [2.75, 3.05) is 50.8 Å². The number of hydrogen-bond acceptors (Lipinski definition) is 7. The van der Waals surface area contributed by atoms with Crippen LogP contribution in [0.15, 0.2) is 42.5 Å². The van der Waals surface area contributed by atoms with E-state index in [1.54, 1.807) is 6.07 Å². The van der Waals surface area contributed by atoms with Gasteiger partial charge in [-0.3, -0.25) is 9.80 Å². The number of nitrogens with two attached hydrogens (primary N) is 2. The van der Waals surface area contributed by atoms with Gasteiger partial charge in [0, 0.05) is 44.8 Å². The molecule has 1 aliphatic heterocycles. The summed E-state index contributed by atoms with van der Waals surface area (Å²) in [7, 11) is 0. The van der Waals surface area contributed by atoms with Crippen LogP contribution in [0.3, 0.4) is 0 Å². The third-order valence-corrected chi connectivity index (χ3v) is 5.21. The normalized spacial score (nSPS) is 15.6. The van der Waals surface area contributed by atoms with Crippen LogP contribution < -0.4 is 16.2 Å². The predicted molar refractivity (Wildman–Crippen MR) is 112 cm³/mol. The van der Waals surface area contributed by atoms with E-state index in [1.807, 2.05) is 30.3 Å². The number of aromatic nitrogens is 2. The Morgan fingerprint density at radius 1 is 0.931 bits per heavy atom. The maximum atomic E-state index is 13.8. The zero-order valence-corrected chi connectivity index (χ0v) is 16.2. The minimum absolute atomic E-state index is 0.136. The van der Waals surface area contributed by atoms with E-state index >= 15 is 0 Å². The highest BCUT2D eigenvalue weighted by Crippen LogP contribution is 2.29. The van der Waals surface area contributed by atoms with Gasteiger partial charge in [0.1, 0.15) is 24.0 Å². The van der Waals surface area contributed by atoms with Gasteiger partial charge in [0.05, 0.1) is 10.9 Å². The lowest BCUT2D eigenvalue weighted by molar-refractivity contribution is 0.112. The molecule has 2 heterocycles. The van der Waals surface area contributed by atoms with Crippen molar-refractivity contribution in [2.24, 2.45) is 0 Å². The van der Waals surface area contributed by atoms with E-state index in [4.69, 9.17) is 16.2 Å². The fraction of sp³-hybridized carbons (Fsp3) is 0.333. The first-order valence-electron chi connectivity index (χ1n) is 9.73. The van der Waals surface area contributed by atoms with E-state index in [0.29, 0.717) is 35.6 Å².